The fourth-order valence-corrected chi connectivity index (χ4v) is 3.22. The van der Waals surface area contributed by atoms with Crippen molar-refractivity contribution in [3.8, 4) is 11.1 Å². The Labute approximate surface area is 144 Å². The molecule has 2 aromatic carbocycles. The van der Waals surface area contributed by atoms with E-state index in [1.807, 2.05) is 31.2 Å². The third-order valence-electron chi connectivity index (χ3n) is 4.37. The van der Waals surface area contributed by atoms with Gasteiger partial charge >= 0.3 is 0 Å². The zero-order valence-electron chi connectivity index (χ0n) is 13.6. The lowest BCUT2D eigenvalue weighted by molar-refractivity contribution is -0.108. The second kappa shape index (κ2) is 6.09. The summed E-state index contributed by atoms with van der Waals surface area (Å²) in [6.45, 7) is 1.87. The standard InChI is InChI=1S/C20H15FN2O2/c1-12-18-15-4-2-3-5-16(15)19(13-6-8-14(21)9-7-13)22-17(10-11-24)20(18)25-23-12/h2-9,11,17H,10H2,1H3/t17-/m0/s1. The van der Waals surface area contributed by atoms with Crippen LogP contribution in [-0.2, 0) is 4.79 Å². The Hall–Kier alpha value is -3.08. The molecule has 2 heterocycles. The van der Waals surface area contributed by atoms with Gasteiger partial charge in [0.1, 0.15) is 18.1 Å². The fraction of sp³-hybridized carbons (Fsp3) is 0.150. The number of rotatable bonds is 3. The minimum atomic E-state index is -0.457. The highest BCUT2D eigenvalue weighted by Gasteiger charge is 2.29. The number of aldehydes is 1. The molecule has 1 aromatic heterocycles. The normalized spacial score (nSPS) is 15.8. The van der Waals surface area contributed by atoms with Crippen LogP contribution in [0.15, 0.2) is 58.0 Å². The summed E-state index contributed by atoms with van der Waals surface area (Å²) in [5.41, 5.74) is 5.01. The average Bonchev–Trinajstić information content (AvgIpc) is 2.94. The molecule has 25 heavy (non-hydrogen) atoms. The van der Waals surface area contributed by atoms with Crippen molar-refractivity contribution in [2.75, 3.05) is 0 Å². The number of fused-ring (bicyclic) bond motifs is 3. The summed E-state index contributed by atoms with van der Waals surface area (Å²) in [5, 5.41) is 4.07. The highest BCUT2D eigenvalue weighted by atomic mass is 19.1. The van der Waals surface area contributed by atoms with E-state index in [9.17, 15) is 9.18 Å². The summed E-state index contributed by atoms with van der Waals surface area (Å²) in [6.07, 6.45) is 1.02. The van der Waals surface area contributed by atoms with Crippen LogP contribution in [0.25, 0.3) is 11.1 Å². The molecule has 0 radical (unpaired) electrons. The van der Waals surface area contributed by atoms with Gasteiger partial charge in [0.05, 0.1) is 17.0 Å². The Bertz CT molecular complexity index is 974. The smallest absolute Gasteiger partial charge is 0.169 e. The molecule has 0 bridgehead atoms. The maximum Gasteiger partial charge on any atom is 0.169 e. The van der Waals surface area contributed by atoms with Gasteiger partial charge in [-0.25, -0.2) is 4.39 Å². The van der Waals surface area contributed by atoms with Gasteiger partial charge in [-0.15, -0.1) is 0 Å². The summed E-state index contributed by atoms with van der Waals surface area (Å²) in [5.74, 6) is 0.289. The lowest BCUT2D eigenvalue weighted by Gasteiger charge is -2.11. The maximum atomic E-state index is 13.3. The number of carbonyl (C=O) groups excluding carboxylic acids is 1. The number of carbonyl (C=O) groups is 1. The fourth-order valence-electron chi connectivity index (χ4n) is 3.22. The molecule has 0 saturated carbocycles. The van der Waals surface area contributed by atoms with Crippen molar-refractivity contribution in [2.45, 2.75) is 19.4 Å². The Balaban J connectivity index is 2.00. The topological polar surface area (TPSA) is 55.5 Å². The van der Waals surface area contributed by atoms with Crippen molar-refractivity contribution in [1.29, 1.82) is 0 Å². The molecular weight excluding hydrogens is 319 g/mol. The summed E-state index contributed by atoms with van der Waals surface area (Å²) < 4.78 is 18.9. The number of hydrogen-bond donors (Lipinski definition) is 0. The van der Waals surface area contributed by atoms with Crippen molar-refractivity contribution in [2.24, 2.45) is 4.99 Å². The van der Waals surface area contributed by atoms with Crippen LogP contribution in [0.4, 0.5) is 4.39 Å². The van der Waals surface area contributed by atoms with Gasteiger partial charge in [0.15, 0.2) is 5.76 Å². The molecule has 5 heteroatoms. The van der Waals surface area contributed by atoms with Crippen molar-refractivity contribution >= 4 is 12.0 Å². The molecule has 0 spiro atoms. The SMILES string of the molecule is Cc1noc2c1-c1ccccc1C(c1ccc(F)cc1)=N[C@H]2CC=O. The van der Waals surface area contributed by atoms with Crippen LogP contribution in [0.1, 0.15) is 35.0 Å². The molecule has 0 amide bonds. The highest BCUT2D eigenvalue weighted by molar-refractivity contribution is 6.17. The van der Waals surface area contributed by atoms with Gasteiger partial charge in [-0.3, -0.25) is 4.99 Å². The predicted octanol–water partition coefficient (Wildman–Crippen LogP) is 4.27. The number of halogens is 1. The summed E-state index contributed by atoms with van der Waals surface area (Å²) in [4.78, 5) is 16.0. The van der Waals surface area contributed by atoms with E-state index in [-0.39, 0.29) is 12.2 Å². The molecule has 0 fully saturated rings. The summed E-state index contributed by atoms with van der Waals surface area (Å²) >= 11 is 0. The molecule has 0 unspecified atom stereocenters. The van der Waals surface area contributed by atoms with E-state index in [1.165, 1.54) is 12.1 Å². The number of hydrogen-bond acceptors (Lipinski definition) is 4. The lowest BCUT2D eigenvalue weighted by atomic mass is 9.93. The zero-order chi connectivity index (χ0) is 17.4. The molecule has 124 valence electrons. The molecule has 3 aromatic rings. The van der Waals surface area contributed by atoms with Crippen LogP contribution < -0.4 is 0 Å². The number of aromatic nitrogens is 1. The molecule has 1 aliphatic rings. The van der Waals surface area contributed by atoms with Gasteiger partial charge in [0.2, 0.25) is 0 Å². The Morgan fingerprint density at radius 1 is 1.12 bits per heavy atom. The van der Waals surface area contributed by atoms with E-state index >= 15 is 0 Å². The zero-order valence-corrected chi connectivity index (χ0v) is 13.6. The number of aryl methyl sites for hydroxylation is 1. The first-order valence-electron chi connectivity index (χ1n) is 8.02. The molecule has 1 aliphatic heterocycles. The Morgan fingerprint density at radius 2 is 1.84 bits per heavy atom. The van der Waals surface area contributed by atoms with Gasteiger partial charge in [-0.1, -0.05) is 29.4 Å². The molecule has 4 rings (SSSR count). The molecule has 4 nitrogen and oxygen atoms in total. The number of aliphatic imine (C=N–C) groups is 1. The first-order valence-corrected chi connectivity index (χ1v) is 8.02. The van der Waals surface area contributed by atoms with Gasteiger partial charge in [0.25, 0.3) is 0 Å². The van der Waals surface area contributed by atoms with Crippen molar-refractivity contribution in [1.82, 2.24) is 5.16 Å². The average molecular weight is 334 g/mol. The molecule has 0 aliphatic carbocycles. The van der Waals surface area contributed by atoms with Crippen LogP contribution in [0, 0.1) is 12.7 Å². The van der Waals surface area contributed by atoms with Crippen LogP contribution in [-0.4, -0.2) is 17.2 Å². The molecule has 0 saturated heterocycles. The minimum absolute atomic E-state index is 0.195. The maximum absolute atomic E-state index is 13.3. The first-order chi connectivity index (χ1) is 12.2. The number of nitrogens with zero attached hydrogens (tertiary/aromatic N) is 2. The highest BCUT2D eigenvalue weighted by Crippen LogP contribution is 2.40. The van der Waals surface area contributed by atoms with E-state index in [4.69, 9.17) is 9.52 Å². The second-order valence-electron chi connectivity index (χ2n) is 5.96. The third kappa shape index (κ3) is 2.58. The quantitative estimate of drug-likeness (QED) is 0.672. The minimum Gasteiger partial charge on any atom is -0.358 e. The van der Waals surface area contributed by atoms with Crippen molar-refractivity contribution < 1.29 is 13.7 Å². The summed E-state index contributed by atoms with van der Waals surface area (Å²) in [7, 11) is 0. The van der Waals surface area contributed by atoms with E-state index < -0.39 is 6.04 Å². The molecular formula is C20H15FN2O2. The largest absolute Gasteiger partial charge is 0.358 e. The first kappa shape index (κ1) is 15.4. The third-order valence-corrected chi connectivity index (χ3v) is 4.37. The predicted molar refractivity (Wildman–Crippen MR) is 92.1 cm³/mol. The van der Waals surface area contributed by atoms with Gasteiger partial charge in [0, 0.05) is 17.5 Å². The van der Waals surface area contributed by atoms with Gasteiger partial charge in [-0.05, 0) is 36.8 Å². The van der Waals surface area contributed by atoms with E-state index in [0.29, 0.717) is 11.5 Å². The van der Waals surface area contributed by atoms with Crippen LogP contribution >= 0.6 is 0 Å². The van der Waals surface area contributed by atoms with Crippen LogP contribution in [0.3, 0.4) is 0 Å². The number of benzene rings is 2. The van der Waals surface area contributed by atoms with E-state index in [0.717, 1.165) is 34.2 Å². The van der Waals surface area contributed by atoms with Gasteiger partial charge in [-0.2, -0.15) is 0 Å². The summed E-state index contributed by atoms with van der Waals surface area (Å²) in [6, 6.07) is 13.6. The molecule has 0 N–H and O–H groups in total. The Kier molecular flexibility index (Phi) is 3.76. The van der Waals surface area contributed by atoms with Crippen molar-refractivity contribution in [3.63, 3.8) is 0 Å². The molecule has 1 atom stereocenters. The van der Waals surface area contributed by atoms with Crippen molar-refractivity contribution in [3.05, 3.63) is 76.9 Å². The van der Waals surface area contributed by atoms with Gasteiger partial charge < -0.3 is 9.32 Å². The van der Waals surface area contributed by atoms with Crippen LogP contribution in [0.2, 0.25) is 0 Å². The van der Waals surface area contributed by atoms with E-state index in [2.05, 4.69) is 5.16 Å². The monoisotopic (exact) mass is 334 g/mol. The Morgan fingerprint density at radius 3 is 2.56 bits per heavy atom. The van der Waals surface area contributed by atoms with Crippen LogP contribution in [0.5, 0.6) is 0 Å². The van der Waals surface area contributed by atoms with E-state index in [1.54, 1.807) is 12.1 Å². The second-order valence-corrected chi connectivity index (χ2v) is 5.96. The lowest BCUT2D eigenvalue weighted by Crippen LogP contribution is -2.06.